The van der Waals surface area contributed by atoms with Gasteiger partial charge in [-0.25, -0.2) is 74.8 Å². The predicted octanol–water partition coefficient (Wildman–Crippen LogP) is 30.3. The minimum atomic E-state index is 0.577. The van der Waals surface area contributed by atoms with Crippen LogP contribution in [-0.2, 0) is 0 Å². The van der Waals surface area contributed by atoms with Crippen LogP contribution in [0.25, 0.3) is 248 Å². The monoisotopic (exact) mass is 1900 g/mol. The summed E-state index contributed by atoms with van der Waals surface area (Å²) in [6.45, 7) is 0. The fourth-order valence-electron chi connectivity index (χ4n) is 17.4. The molecule has 16 aromatic carbocycles. The molecular weight excluding hydrogens is 1810 g/mol. The molecule has 25 rings (SSSR count). The highest BCUT2D eigenvalue weighted by atomic mass is 15.1. The number of rotatable bonds is 21. The first-order valence-electron chi connectivity index (χ1n) is 48.5. The molecule has 0 bridgehead atoms. The molecule has 0 aliphatic heterocycles. The third-order valence-electron chi connectivity index (χ3n) is 25.1. The molecule has 0 N–H and O–H groups in total. The quantitative estimate of drug-likeness (QED) is 0.0650. The van der Waals surface area contributed by atoms with Crippen LogP contribution in [0.5, 0.6) is 0 Å². The minimum absolute atomic E-state index is 0.577. The van der Waals surface area contributed by atoms with Crippen LogP contribution in [0.4, 0.5) is 0 Å². The molecular formula is C130H86N18. The fourth-order valence-corrected chi connectivity index (χ4v) is 17.4. The lowest BCUT2D eigenvalue weighted by molar-refractivity contribution is 1.07. The van der Waals surface area contributed by atoms with Gasteiger partial charge in [0.1, 0.15) is 0 Å². The molecule has 0 saturated carbocycles. The zero-order valence-corrected chi connectivity index (χ0v) is 79.7. The number of hydrogen-bond donors (Lipinski definition) is 0. The maximum Gasteiger partial charge on any atom is 0.165 e. The highest BCUT2D eigenvalue weighted by Gasteiger charge is 2.22. The average Bonchev–Trinajstić information content (AvgIpc) is 0.795. The molecule has 0 spiro atoms. The lowest BCUT2D eigenvalue weighted by Gasteiger charge is -2.11. The van der Waals surface area contributed by atoms with Crippen molar-refractivity contribution in [3.8, 4) is 238 Å². The van der Waals surface area contributed by atoms with Crippen LogP contribution in [0.3, 0.4) is 0 Å². The average molecular weight is 1900 g/mol. The third kappa shape index (κ3) is 21.1. The lowest BCUT2D eigenvalue weighted by Crippen LogP contribution is -2.00. The van der Waals surface area contributed by atoms with Gasteiger partial charge < -0.3 is 0 Å². The molecule has 0 fully saturated rings. The second-order valence-electron chi connectivity index (χ2n) is 35.0. The van der Waals surface area contributed by atoms with Crippen LogP contribution in [0.1, 0.15) is 0 Å². The van der Waals surface area contributed by atoms with E-state index >= 15 is 0 Å². The molecule has 18 nitrogen and oxygen atoms in total. The Labute approximate surface area is 854 Å². The normalized spacial score (nSPS) is 11.0. The summed E-state index contributed by atoms with van der Waals surface area (Å²) in [6.07, 6.45) is 8.94. The van der Waals surface area contributed by atoms with Crippen molar-refractivity contribution in [1.82, 2.24) is 89.7 Å². The first kappa shape index (κ1) is 91.3. The Morgan fingerprint density at radius 1 is 0.108 bits per heavy atom. The summed E-state index contributed by atoms with van der Waals surface area (Å²) in [5.41, 5.74) is 29.6. The van der Waals surface area contributed by atoms with Crippen molar-refractivity contribution in [3.05, 3.63) is 522 Å². The molecule has 9 heterocycles. The van der Waals surface area contributed by atoms with Gasteiger partial charge in [-0.2, -0.15) is 0 Å². The SMILES string of the molecule is c1ccc(-c2cc(-c3cccc(-c4ccc(-c5nc(-c6ccccc6)nc(-c6cccnc6)n5)cc4)c3)nc(-c3ccccc3)n2)cc1.c1ccc(-c2cc(-c3cccc(-c4ccc(-c5nc(-c6ccccc6)nc(-c6cnc7ccccc7c6)n5)cc4)c3)nc(-c3ccccc3)n2)cc1.c1ccc(-c2nc(-c3cccnc3)cc(-c3cccc(-c4ccc(-c5nc(-c6ccccc6)nc(-c6ccccc6)n5)cc4)c3)n2)cc1. The second-order valence-corrected chi connectivity index (χ2v) is 35.0. The molecule has 0 unspecified atom stereocenters. The maximum atomic E-state index is 5.03. The summed E-state index contributed by atoms with van der Waals surface area (Å²) in [6, 6.07) is 165. The van der Waals surface area contributed by atoms with Crippen LogP contribution in [0, 0.1) is 0 Å². The fraction of sp³-hybridized carbons (Fsp3) is 0. The molecule has 9 aromatic heterocycles. The van der Waals surface area contributed by atoms with E-state index in [-0.39, 0.29) is 0 Å². The van der Waals surface area contributed by atoms with Crippen molar-refractivity contribution >= 4 is 10.9 Å². The minimum Gasteiger partial charge on any atom is -0.264 e. The summed E-state index contributed by atoms with van der Waals surface area (Å²) < 4.78 is 0. The Hall–Kier alpha value is -20.5. The van der Waals surface area contributed by atoms with E-state index in [4.69, 9.17) is 74.8 Å². The largest absolute Gasteiger partial charge is 0.264 e. The van der Waals surface area contributed by atoms with E-state index in [1.807, 2.05) is 310 Å². The maximum absolute atomic E-state index is 5.03. The Morgan fingerprint density at radius 2 is 0.311 bits per heavy atom. The van der Waals surface area contributed by atoms with Crippen molar-refractivity contribution in [3.63, 3.8) is 0 Å². The summed E-state index contributed by atoms with van der Waals surface area (Å²) in [4.78, 5) is 86.9. The van der Waals surface area contributed by atoms with Gasteiger partial charge in [0, 0.05) is 137 Å². The van der Waals surface area contributed by atoms with Crippen LogP contribution in [0.15, 0.2) is 522 Å². The van der Waals surface area contributed by atoms with Crippen molar-refractivity contribution in [1.29, 1.82) is 0 Å². The Kier molecular flexibility index (Phi) is 26.5. The van der Waals surface area contributed by atoms with Gasteiger partial charge in [-0.1, -0.05) is 419 Å². The highest BCUT2D eigenvalue weighted by molar-refractivity contribution is 5.86. The molecule has 0 aliphatic carbocycles. The molecule has 0 aliphatic rings. The first-order chi connectivity index (χ1) is 73.3. The Balaban J connectivity index is 0.000000122. The van der Waals surface area contributed by atoms with Crippen molar-refractivity contribution in [2.45, 2.75) is 0 Å². The summed E-state index contributed by atoms with van der Waals surface area (Å²) in [7, 11) is 0. The van der Waals surface area contributed by atoms with Gasteiger partial charge in [-0.15, -0.1) is 0 Å². The summed E-state index contributed by atoms with van der Waals surface area (Å²) in [5.74, 6) is 7.55. The van der Waals surface area contributed by atoms with Crippen molar-refractivity contribution in [2.24, 2.45) is 0 Å². The number of fused-ring (bicyclic) bond motifs is 1. The van der Waals surface area contributed by atoms with Crippen LogP contribution in [-0.4, -0.2) is 89.7 Å². The number of nitrogens with zero attached hydrogens (tertiary/aromatic N) is 18. The molecule has 25 aromatic rings. The zero-order chi connectivity index (χ0) is 98.9. The zero-order valence-electron chi connectivity index (χ0n) is 79.7. The predicted molar refractivity (Wildman–Crippen MR) is 591 cm³/mol. The van der Waals surface area contributed by atoms with E-state index in [9.17, 15) is 0 Å². The molecule has 0 amide bonds. The van der Waals surface area contributed by atoms with E-state index in [0.29, 0.717) is 69.9 Å². The highest BCUT2D eigenvalue weighted by Crippen LogP contribution is 2.39. The van der Waals surface area contributed by atoms with Crippen LogP contribution >= 0.6 is 0 Å². The number of aromatic nitrogens is 18. The van der Waals surface area contributed by atoms with Gasteiger partial charge >= 0.3 is 0 Å². The lowest BCUT2D eigenvalue weighted by atomic mass is 9.99. The van der Waals surface area contributed by atoms with Crippen molar-refractivity contribution in [2.75, 3.05) is 0 Å². The van der Waals surface area contributed by atoms with Gasteiger partial charge in [-0.3, -0.25) is 15.0 Å². The molecule has 148 heavy (non-hydrogen) atoms. The number of hydrogen-bond acceptors (Lipinski definition) is 18. The number of pyridine rings is 3. The topological polar surface area (TPSA) is 232 Å². The third-order valence-corrected chi connectivity index (χ3v) is 25.1. The summed E-state index contributed by atoms with van der Waals surface area (Å²) >= 11 is 0. The second kappa shape index (κ2) is 42.9. The van der Waals surface area contributed by atoms with Crippen LogP contribution in [0.2, 0.25) is 0 Å². The van der Waals surface area contributed by atoms with E-state index in [2.05, 4.69) is 209 Å². The molecule has 0 atom stereocenters. The number of para-hydroxylation sites is 1. The van der Waals surface area contributed by atoms with Crippen LogP contribution < -0.4 is 0 Å². The molecule has 18 heteroatoms. The first-order valence-corrected chi connectivity index (χ1v) is 48.5. The molecule has 0 saturated heterocycles. The van der Waals surface area contributed by atoms with Gasteiger partial charge in [0.05, 0.1) is 39.7 Å². The number of benzene rings is 16. The summed E-state index contributed by atoms with van der Waals surface area (Å²) in [5, 5.41) is 1.03. The standard InChI is InChI=1S/C46H30N6.2C42H28N6/c1-4-13-32(14-5-1)41-29-42(49-43(48-41)33-15-6-2-7-16-33)38-21-12-20-36(27-38)31-23-25-35(26-24-31)45-50-44(34-17-8-3-9-18-34)51-46(52-45)39-28-37-19-10-11-22-40(37)47-30-39;1-4-12-30(13-5-1)39-44-37(27-38(45-39)36-20-11-25-43-28-36)35-19-10-18-34(26-35)29-21-23-33(24-22-29)42-47-40(31-14-6-2-7-15-31)46-41(48-42)32-16-8-3-9-17-32;1-4-12-30(13-5-1)37-27-38(45-39(44-37)31-14-6-2-7-15-31)35-19-10-18-34(26-35)29-21-23-33(24-22-29)41-46-40(32-16-8-3-9-17-32)47-42(48-41)36-20-11-25-43-28-36/h1-30H;2*1-28H. The van der Waals surface area contributed by atoms with Gasteiger partial charge in [0.2, 0.25) is 0 Å². The van der Waals surface area contributed by atoms with E-state index in [1.54, 1.807) is 18.6 Å². The Morgan fingerprint density at radius 3 is 0.595 bits per heavy atom. The smallest absolute Gasteiger partial charge is 0.165 e. The Bertz CT molecular complexity index is 8320. The molecule has 696 valence electrons. The van der Waals surface area contributed by atoms with E-state index < -0.39 is 0 Å². The molecule has 0 radical (unpaired) electrons. The van der Waals surface area contributed by atoms with Crippen molar-refractivity contribution < 1.29 is 0 Å². The van der Waals surface area contributed by atoms with Gasteiger partial charge in [0.25, 0.3) is 0 Å². The van der Waals surface area contributed by atoms with E-state index in [1.165, 1.54) is 0 Å². The van der Waals surface area contributed by atoms with E-state index in [0.717, 1.165) is 179 Å². The van der Waals surface area contributed by atoms with Gasteiger partial charge in [-0.05, 0) is 106 Å². The van der Waals surface area contributed by atoms with Gasteiger partial charge in [0.15, 0.2) is 69.9 Å².